The molecule has 3 aliphatic heterocycles. The number of piperidine rings is 2. The Morgan fingerprint density at radius 3 is 2.30 bits per heavy atom. The van der Waals surface area contributed by atoms with Crippen LogP contribution >= 0.6 is 0 Å². The number of hydrogen-bond acceptors (Lipinski definition) is 12. The molecule has 4 atom stereocenters. The zero-order valence-electron chi connectivity index (χ0n) is 29.8. The Morgan fingerprint density at radius 2 is 1.70 bits per heavy atom. The first-order valence-electron chi connectivity index (χ1n) is 17.7. The van der Waals surface area contributed by atoms with E-state index < -0.39 is 10.1 Å². The molecule has 3 aliphatic rings. The van der Waals surface area contributed by atoms with Crippen molar-refractivity contribution in [2.75, 3.05) is 49.1 Å². The summed E-state index contributed by atoms with van der Waals surface area (Å²) < 4.78 is 41.0. The second-order valence-electron chi connectivity index (χ2n) is 14.4. The molecular formula is C35H52N8O6S. The fourth-order valence-corrected chi connectivity index (χ4v) is 7.24. The normalized spacial score (nSPS) is 22.4. The van der Waals surface area contributed by atoms with Crippen LogP contribution in [0.25, 0.3) is 0 Å². The Hall–Kier alpha value is -3.82. The lowest BCUT2D eigenvalue weighted by Gasteiger charge is -2.36. The molecule has 5 heterocycles. The van der Waals surface area contributed by atoms with E-state index in [1.807, 2.05) is 11.8 Å². The maximum absolute atomic E-state index is 12.6. The number of benzene rings is 1. The third kappa shape index (κ3) is 9.69. The predicted molar refractivity (Wildman–Crippen MR) is 190 cm³/mol. The third-order valence-electron chi connectivity index (χ3n) is 10.1. The van der Waals surface area contributed by atoms with E-state index in [1.54, 1.807) is 24.5 Å². The summed E-state index contributed by atoms with van der Waals surface area (Å²) in [6, 6.07) is 6.56. The second kappa shape index (κ2) is 16.5. The van der Waals surface area contributed by atoms with Crippen molar-refractivity contribution in [2.45, 2.75) is 89.6 Å². The van der Waals surface area contributed by atoms with Gasteiger partial charge in [-0.2, -0.15) is 13.4 Å². The Kier molecular flexibility index (Phi) is 12.3. The molecule has 0 unspecified atom stereocenters. The van der Waals surface area contributed by atoms with Crippen molar-refractivity contribution in [1.82, 2.24) is 25.0 Å². The first kappa shape index (κ1) is 37.4. The highest BCUT2D eigenvalue weighted by atomic mass is 32.2. The van der Waals surface area contributed by atoms with Crippen molar-refractivity contribution in [2.24, 2.45) is 23.5 Å². The third-order valence-corrected chi connectivity index (χ3v) is 10.9. The number of hydrogen-bond donors (Lipinski definition) is 2. The van der Waals surface area contributed by atoms with Crippen LogP contribution in [-0.2, 0) is 14.9 Å². The zero-order valence-corrected chi connectivity index (χ0v) is 30.6. The van der Waals surface area contributed by atoms with Crippen molar-refractivity contribution in [3.8, 4) is 5.75 Å². The Labute approximate surface area is 295 Å². The van der Waals surface area contributed by atoms with Gasteiger partial charge in [0.2, 0.25) is 11.9 Å². The lowest BCUT2D eigenvalue weighted by atomic mass is 9.84. The molecule has 3 saturated heterocycles. The Morgan fingerprint density at radius 1 is 1.02 bits per heavy atom. The summed E-state index contributed by atoms with van der Waals surface area (Å²) in [6.45, 7) is 15.1. The lowest BCUT2D eigenvalue weighted by molar-refractivity contribution is -0.137. The second-order valence-corrected chi connectivity index (χ2v) is 15.8. The van der Waals surface area contributed by atoms with Gasteiger partial charge in [-0.3, -0.25) is 9.35 Å². The standard InChI is InChI=1S/C28H44N8O3.C7H8O3S/c1-18(2)26-32-28(39-33-26)34-9-6-21(7-10-34)20(4)8-12-38-22-14-30-27(31-15-22)35-16-23(29)24(17-35)36-11-5-19(3)13-25(36)37;1-6-2-4-7(5-3-6)11(8,9)10/h14-15,18-21,23-24H,5-13,16-17,29H2,1-4H3;2-5H,1H3,(H,8,9,10)/t19-,20-,23+,24+;/m1./s1. The number of aromatic nitrogens is 4. The minimum atomic E-state index is -4.02. The molecule has 0 aliphatic carbocycles. The van der Waals surface area contributed by atoms with Crippen molar-refractivity contribution < 1.29 is 27.0 Å². The summed E-state index contributed by atoms with van der Waals surface area (Å²) >= 11 is 0. The van der Waals surface area contributed by atoms with Gasteiger partial charge in [0.1, 0.15) is 0 Å². The molecule has 15 heteroatoms. The molecule has 0 radical (unpaired) electrons. The maximum Gasteiger partial charge on any atom is 0.324 e. The highest BCUT2D eigenvalue weighted by molar-refractivity contribution is 7.85. The molecule has 14 nitrogen and oxygen atoms in total. The molecule has 1 aromatic carbocycles. The van der Waals surface area contributed by atoms with Crippen molar-refractivity contribution in [3.63, 3.8) is 0 Å². The zero-order chi connectivity index (χ0) is 36.0. The summed E-state index contributed by atoms with van der Waals surface area (Å²) in [4.78, 5) is 32.4. The van der Waals surface area contributed by atoms with Gasteiger partial charge in [-0.25, -0.2) is 9.97 Å². The van der Waals surface area contributed by atoms with E-state index in [4.69, 9.17) is 19.5 Å². The van der Waals surface area contributed by atoms with Crippen LogP contribution in [-0.4, -0.2) is 95.3 Å². The van der Waals surface area contributed by atoms with Gasteiger partial charge in [0.25, 0.3) is 10.1 Å². The number of ether oxygens (including phenoxy) is 1. The topological polar surface area (TPSA) is 181 Å². The first-order valence-corrected chi connectivity index (χ1v) is 19.1. The van der Waals surface area contributed by atoms with Crippen LogP contribution < -0.4 is 20.3 Å². The molecule has 0 saturated carbocycles. The summed E-state index contributed by atoms with van der Waals surface area (Å²) in [6.07, 6.45) is 8.34. The number of likely N-dealkylation sites (tertiary alicyclic amines) is 1. The van der Waals surface area contributed by atoms with E-state index in [0.717, 1.165) is 56.7 Å². The monoisotopic (exact) mass is 712 g/mol. The van der Waals surface area contributed by atoms with Crippen LogP contribution in [0.3, 0.4) is 0 Å². The van der Waals surface area contributed by atoms with Gasteiger partial charge in [-0.05, 0) is 62.5 Å². The van der Waals surface area contributed by atoms with E-state index in [0.29, 0.717) is 61.6 Å². The van der Waals surface area contributed by atoms with E-state index in [9.17, 15) is 13.2 Å². The lowest BCUT2D eigenvalue weighted by Crippen LogP contribution is -2.52. The Bertz CT molecular complexity index is 1640. The number of carbonyl (C=O) groups is 1. The summed E-state index contributed by atoms with van der Waals surface area (Å²) in [5.41, 5.74) is 7.40. The van der Waals surface area contributed by atoms with Crippen LogP contribution in [0, 0.1) is 24.7 Å². The van der Waals surface area contributed by atoms with E-state index >= 15 is 0 Å². The van der Waals surface area contributed by atoms with E-state index in [-0.39, 0.29) is 28.8 Å². The molecule has 3 fully saturated rings. The van der Waals surface area contributed by atoms with Crippen LogP contribution in [0.2, 0.25) is 0 Å². The average Bonchev–Trinajstić information content (AvgIpc) is 3.73. The van der Waals surface area contributed by atoms with Gasteiger partial charge in [0.15, 0.2) is 11.6 Å². The SMILES string of the molecule is CC(C)c1noc(N2CCC([C@H](C)CCOc3cnc(N4C[C@H](N)[C@@H](N5CC[C@@H](C)CC5=O)C4)nc3)CC2)n1.Cc1ccc(S(=O)(=O)O)cc1. The van der Waals surface area contributed by atoms with E-state index in [2.05, 4.69) is 57.6 Å². The van der Waals surface area contributed by atoms with Gasteiger partial charge in [-0.1, -0.05) is 50.5 Å². The molecule has 3 aromatic rings. The largest absolute Gasteiger partial charge is 0.490 e. The Balaban J connectivity index is 0.000000377. The highest BCUT2D eigenvalue weighted by Crippen LogP contribution is 2.30. The molecule has 50 heavy (non-hydrogen) atoms. The molecule has 1 amide bonds. The minimum Gasteiger partial charge on any atom is -0.490 e. The molecule has 0 bridgehead atoms. The summed E-state index contributed by atoms with van der Waals surface area (Å²) in [5.74, 6) is 4.24. The molecular weight excluding hydrogens is 661 g/mol. The summed E-state index contributed by atoms with van der Waals surface area (Å²) in [7, 11) is -4.02. The number of aryl methyl sites for hydroxylation is 1. The number of rotatable bonds is 10. The predicted octanol–water partition coefficient (Wildman–Crippen LogP) is 4.32. The molecule has 274 valence electrons. The number of amides is 1. The van der Waals surface area contributed by atoms with E-state index in [1.165, 1.54) is 12.1 Å². The quantitative estimate of drug-likeness (QED) is 0.284. The summed E-state index contributed by atoms with van der Waals surface area (Å²) in [5, 5.41) is 4.10. The fraction of sp³-hybridized carbons (Fsp3) is 0.629. The van der Waals surface area contributed by atoms with Crippen molar-refractivity contribution in [3.05, 3.63) is 48.0 Å². The van der Waals surface area contributed by atoms with Gasteiger partial charge in [0.05, 0.1) is 29.9 Å². The number of carbonyl (C=O) groups excluding carboxylic acids is 1. The molecule has 3 N–H and O–H groups in total. The van der Waals surface area contributed by atoms with Gasteiger partial charge in [0, 0.05) is 51.1 Å². The van der Waals surface area contributed by atoms with Gasteiger partial charge in [-0.15, -0.1) is 0 Å². The minimum absolute atomic E-state index is 0.0161. The maximum atomic E-state index is 12.6. The number of nitrogens with two attached hydrogens (primary N) is 1. The van der Waals surface area contributed by atoms with Crippen LogP contribution in [0.15, 0.2) is 46.1 Å². The molecule has 2 aromatic heterocycles. The van der Waals surface area contributed by atoms with Crippen LogP contribution in [0.5, 0.6) is 5.75 Å². The van der Waals surface area contributed by atoms with Crippen molar-refractivity contribution in [1.29, 1.82) is 0 Å². The highest BCUT2D eigenvalue weighted by Gasteiger charge is 2.39. The molecule has 6 rings (SSSR count). The average molecular weight is 713 g/mol. The van der Waals surface area contributed by atoms with Gasteiger partial charge < -0.3 is 29.7 Å². The van der Waals surface area contributed by atoms with Crippen molar-refractivity contribution >= 4 is 28.0 Å². The molecule has 0 spiro atoms. The smallest absolute Gasteiger partial charge is 0.324 e. The van der Waals surface area contributed by atoms with Crippen LogP contribution in [0.1, 0.15) is 77.1 Å². The number of nitrogens with zero attached hydrogens (tertiary/aromatic N) is 7. The van der Waals surface area contributed by atoms with Crippen LogP contribution in [0.4, 0.5) is 12.0 Å². The van der Waals surface area contributed by atoms with Gasteiger partial charge >= 0.3 is 6.01 Å². The fourth-order valence-electron chi connectivity index (χ4n) is 6.76. The first-order chi connectivity index (χ1) is 23.8. The number of anilines is 2.